The Balaban J connectivity index is 1.42. The van der Waals surface area contributed by atoms with E-state index in [0.717, 1.165) is 29.8 Å². The van der Waals surface area contributed by atoms with Crippen molar-refractivity contribution < 1.29 is 14.7 Å². The zero-order chi connectivity index (χ0) is 16.0. The largest absolute Gasteiger partial charge is 0.481 e. The number of carboxylic acid groups (broad SMARTS) is 1. The van der Waals surface area contributed by atoms with E-state index in [-0.39, 0.29) is 17.2 Å². The van der Waals surface area contributed by atoms with Crippen LogP contribution in [0.5, 0.6) is 0 Å². The molecule has 2 fully saturated rings. The number of piperidine rings is 1. The molecule has 0 bridgehead atoms. The van der Waals surface area contributed by atoms with Gasteiger partial charge in [-0.25, -0.2) is 0 Å². The molecule has 1 unspecified atom stereocenters. The molecule has 2 aromatic heterocycles. The van der Waals surface area contributed by atoms with Crippen LogP contribution < -0.4 is 0 Å². The fourth-order valence-corrected chi connectivity index (χ4v) is 4.25. The summed E-state index contributed by atoms with van der Waals surface area (Å²) in [6, 6.07) is 5.73. The molecule has 1 spiro atoms. The first-order valence-electron chi connectivity index (χ1n) is 7.70. The molecule has 6 nitrogen and oxygen atoms in total. The Bertz CT molecular complexity index is 744. The Hall–Kier alpha value is -2.15. The smallest absolute Gasteiger partial charge is 0.307 e. The molecule has 2 aromatic rings. The first kappa shape index (κ1) is 14.4. The van der Waals surface area contributed by atoms with E-state index in [2.05, 4.69) is 10.2 Å². The number of aliphatic carboxylic acids is 1. The number of likely N-dealkylation sites (tertiary alicyclic amines) is 1. The Morgan fingerprint density at radius 2 is 2.17 bits per heavy atom. The summed E-state index contributed by atoms with van der Waals surface area (Å²) in [7, 11) is 0. The van der Waals surface area contributed by atoms with Crippen molar-refractivity contribution in [3.8, 4) is 10.6 Å². The van der Waals surface area contributed by atoms with Crippen LogP contribution in [0.3, 0.4) is 0 Å². The van der Waals surface area contributed by atoms with E-state index in [1.54, 1.807) is 22.3 Å². The van der Waals surface area contributed by atoms with E-state index >= 15 is 0 Å². The molecule has 120 valence electrons. The normalized spacial score (nSPS) is 22.3. The lowest BCUT2D eigenvalue weighted by atomic mass is 9.90. The van der Waals surface area contributed by atoms with Gasteiger partial charge in [0.1, 0.15) is 0 Å². The highest BCUT2D eigenvalue weighted by atomic mass is 32.1. The minimum absolute atomic E-state index is 0.0592. The molecular weight excluding hydrogens is 314 g/mol. The molecule has 1 saturated carbocycles. The zero-order valence-electron chi connectivity index (χ0n) is 12.5. The maximum Gasteiger partial charge on any atom is 0.307 e. The molecule has 7 heteroatoms. The van der Waals surface area contributed by atoms with Crippen molar-refractivity contribution in [3.63, 3.8) is 0 Å². The van der Waals surface area contributed by atoms with E-state index in [4.69, 9.17) is 5.11 Å². The summed E-state index contributed by atoms with van der Waals surface area (Å²) in [5.41, 5.74) is 1.22. The van der Waals surface area contributed by atoms with Crippen molar-refractivity contribution in [1.29, 1.82) is 0 Å². The average Bonchev–Trinajstić information content (AvgIpc) is 2.98. The van der Waals surface area contributed by atoms with E-state index in [9.17, 15) is 9.59 Å². The highest BCUT2D eigenvalue weighted by Gasteiger charge is 2.59. The van der Waals surface area contributed by atoms with Gasteiger partial charge in [0.25, 0.3) is 5.91 Å². The topological polar surface area (TPSA) is 86.3 Å². The van der Waals surface area contributed by atoms with Crippen LogP contribution in [0.2, 0.25) is 0 Å². The van der Waals surface area contributed by atoms with Gasteiger partial charge in [-0.3, -0.25) is 14.7 Å². The van der Waals surface area contributed by atoms with Crippen LogP contribution in [0.25, 0.3) is 10.6 Å². The molecule has 0 radical (unpaired) electrons. The fourth-order valence-electron chi connectivity index (χ4n) is 3.56. The Labute approximate surface area is 137 Å². The lowest BCUT2D eigenvalue weighted by Gasteiger charge is -2.32. The Morgan fingerprint density at radius 1 is 1.39 bits per heavy atom. The molecule has 1 amide bonds. The molecule has 1 aliphatic heterocycles. The van der Waals surface area contributed by atoms with Gasteiger partial charge >= 0.3 is 5.97 Å². The maximum atomic E-state index is 12.6. The van der Waals surface area contributed by atoms with E-state index in [1.807, 2.05) is 17.5 Å². The minimum Gasteiger partial charge on any atom is -0.481 e. The van der Waals surface area contributed by atoms with Gasteiger partial charge in [0.2, 0.25) is 0 Å². The quantitative estimate of drug-likeness (QED) is 0.904. The molecule has 2 N–H and O–H groups in total. The number of nitrogens with zero attached hydrogens (tertiary/aromatic N) is 2. The number of aromatic amines is 1. The molecular formula is C16H17N3O3S. The first-order chi connectivity index (χ1) is 11.1. The third kappa shape index (κ3) is 2.45. The molecule has 1 aliphatic carbocycles. The zero-order valence-corrected chi connectivity index (χ0v) is 13.3. The second kappa shape index (κ2) is 5.19. The maximum absolute atomic E-state index is 12.6. The number of thiophene rings is 1. The van der Waals surface area contributed by atoms with Crippen molar-refractivity contribution >= 4 is 23.2 Å². The second-order valence-electron chi connectivity index (χ2n) is 6.39. The van der Waals surface area contributed by atoms with Gasteiger partial charge in [0, 0.05) is 13.1 Å². The molecule has 1 saturated heterocycles. The van der Waals surface area contributed by atoms with Gasteiger partial charge in [0.05, 0.1) is 16.5 Å². The van der Waals surface area contributed by atoms with E-state index in [0.29, 0.717) is 18.8 Å². The molecule has 1 atom stereocenters. The number of carbonyl (C=O) groups excluding carboxylic acids is 1. The lowest BCUT2D eigenvalue weighted by molar-refractivity contribution is -0.139. The van der Waals surface area contributed by atoms with Gasteiger partial charge < -0.3 is 10.0 Å². The fraction of sp³-hybridized carbons (Fsp3) is 0.438. The summed E-state index contributed by atoms with van der Waals surface area (Å²) in [5, 5.41) is 18.2. The van der Waals surface area contributed by atoms with Gasteiger partial charge in [-0.1, -0.05) is 6.07 Å². The minimum atomic E-state index is -0.697. The number of rotatable bonds is 3. The lowest BCUT2D eigenvalue weighted by Crippen LogP contribution is -2.40. The molecule has 3 heterocycles. The number of carboxylic acids is 1. The van der Waals surface area contributed by atoms with Crippen LogP contribution >= 0.6 is 11.3 Å². The standard InChI is InChI=1S/C16H17N3O3S/c20-14(12-8-11(17-18-12)13-2-1-7-23-13)19-5-3-16(4-6-19)9-10(16)15(21)22/h1-2,7-8,10H,3-6,9H2,(H,17,18)(H,21,22). The summed E-state index contributed by atoms with van der Waals surface area (Å²) in [6.45, 7) is 1.23. The number of aromatic nitrogens is 2. The number of nitrogens with one attached hydrogen (secondary N) is 1. The predicted octanol–water partition coefficient (Wildman–Crippen LogP) is 2.47. The summed E-state index contributed by atoms with van der Waals surface area (Å²) in [4.78, 5) is 26.5. The second-order valence-corrected chi connectivity index (χ2v) is 7.34. The van der Waals surface area contributed by atoms with Crippen molar-refractivity contribution in [2.45, 2.75) is 19.3 Å². The Kier molecular flexibility index (Phi) is 3.26. The van der Waals surface area contributed by atoms with E-state index < -0.39 is 5.97 Å². The third-order valence-corrected chi connectivity index (χ3v) is 6.02. The van der Waals surface area contributed by atoms with Gasteiger partial charge in [-0.2, -0.15) is 5.10 Å². The van der Waals surface area contributed by atoms with Crippen molar-refractivity contribution in [2.24, 2.45) is 11.3 Å². The number of amides is 1. The highest BCUT2D eigenvalue weighted by Crippen LogP contribution is 2.59. The number of H-pyrrole nitrogens is 1. The molecule has 4 rings (SSSR count). The summed E-state index contributed by atoms with van der Waals surface area (Å²) >= 11 is 1.60. The van der Waals surface area contributed by atoms with Crippen LogP contribution in [0.4, 0.5) is 0 Å². The van der Waals surface area contributed by atoms with Crippen LogP contribution in [0, 0.1) is 11.3 Å². The van der Waals surface area contributed by atoms with Gasteiger partial charge in [-0.15, -0.1) is 11.3 Å². The van der Waals surface area contributed by atoms with Crippen LogP contribution in [0.1, 0.15) is 29.8 Å². The average molecular weight is 331 g/mol. The molecule has 2 aliphatic rings. The molecule has 23 heavy (non-hydrogen) atoms. The number of hydrogen-bond acceptors (Lipinski definition) is 4. The summed E-state index contributed by atoms with van der Waals surface area (Å²) in [5.74, 6) is -0.986. The van der Waals surface area contributed by atoms with Gasteiger partial charge in [0.15, 0.2) is 5.69 Å². The predicted molar refractivity (Wildman–Crippen MR) is 85.2 cm³/mol. The third-order valence-electron chi connectivity index (χ3n) is 5.12. The van der Waals surface area contributed by atoms with Gasteiger partial charge in [-0.05, 0) is 42.2 Å². The molecule has 0 aromatic carbocycles. The number of carbonyl (C=O) groups is 2. The van der Waals surface area contributed by atoms with Crippen molar-refractivity contribution in [3.05, 3.63) is 29.3 Å². The number of hydrogen-bond donors (Lipinski definition) is 2. The van der Waals surface area contributed by atoms with Crippen LogP contribution in [-0.4, -0.2) is 45.2 Å². The monoisotopic (exact) mass is 331 g/mol. The Morgan fingerprint density at radius 3 is 2.78 bits per heavy atom. The first-order valence-corrected chi connectivity index (χ1v) is 8.58. The van der Waals surface area contributed by atoms with Crippen LogP contribution in [0.15, 0.2) is 23.6 Å². The highest BCUT2D eigenvalue weighted by molar-refractivity contribution is 7.13. The van der Waals surface area contributed by atoms with Crippen molar-refractivity contribution in [1.82, 2.24) is 15.1 Å². The summed E-state index contributed by atoms with van der Waals surface area (Å²) in [6.07, 6.45) is 2.31. The SMILES string of the molecule is O=C(O)C1CC12CCN(C(=O)c1cc(-c3cccs3)[nH]n1)CC2. The van der Waals surface area contributed by atoms with E-state index in [1.165, 1.54) is 0 Å². The summed E-state index contributed by atoms with van der Waals surface area (Å²) < 4.78 is 0. The van der Waals surface area contributed by atoms with Crippen LogP contribution in [-0.2, 0) is 4.79 Å². The van der Waals surface area contributed by atoms with Crippen molar-refractivity contribution in [2.75, 3.05) is 13.1 Å².